The minimum Gasteiger partial charge on any atom is -0.370 e. The van der Waals surface area contributed by atoms with E-state index in [1.54, 1.807) is 0 Å². The van der Waals surface area contributed by atoms with Crippen LogP contribution in [0.1, 0.15) is 24.8 Å². The molecule has 1 aliphatic carbocycles. The molecular formula is C16H24ClN3. The topological polar surface area (TPSA) is 18.5 Å². The minimum absolute atomic E-state index is 0.662. The van der Waals surface area contributed by atoms with Crippen LogP contribution >= 0.6 is 11.6 Å². The van der Waals surface area contributed by atoms with Gasteiger partial charge >= 0.3 is 0 Å². The average Bonchev–Trinajstić information content (AvgIpc) is 3.11. The first-order chi connectivity index (χ1) is 9.63. The number of nitrogens with one attached hydrogen (secondary N) is 1. The van der Waals surface area contributed by atoms with Gasteiger partial charge in [0.05, 0.1) is 0 Å². The van der Waals surface area contributed by atoms with Crippen LogP contribution in [0.15, 0.2) is 18.2 Å². The molecule has 1 aromatic carbocycles. The van der Waals surface area contributed by atoms with Gasteiger partial charge in [0.1, 0.15) is 0 Å². The molecule has 2 fully saturated rings. The van der Waals surface area contributed by atoms with E-state index in [2.05, 4.69) is 41.3 Å². The van der Waals surface area contributed by atoms with Crippen molar-refractivity contribution in [2.24, 2.45) is 0 Å². The molecule has 1 N–H and O–H groups in total. The van der Waals surface area contributed by atoms with E-state index < -0.39 is 0 Å². The molecule has 1 heterocycles. The molecule has 4 heteroatoms. The second kappa shape index (κ2) is 5.92. The molecule has 3 rings (SSSR count). The molecule has 1 aliphatic heterocycles. The van der Waals surface area contributed by atoms with Gasteiger partial charge in [-0.1, -0.05) is 11.6 Å². The van der Waals surface area contributed by atoms with Crippen molar-refractivity contribution in [1.29, 1.82) is 0 Å². The Morgan fingerprint density at radius 3 is 2.75 bits per heavy atom. The third-order valence-corrected chi connectivity index (χ3v) is 4.67. The van der Waals surface area contributed by atoms with Crippen LogP contribution in [0.5, 0.6) is 0 Å². The first-order valence-corrected chi connectivity index (χ1v) is 7.94. The monoisotopic (exact) mass is 293 g/mol. The smallest absolute Gasteiger partial charge is 0.0413 e. The molecule has 1 saturated heterocycles. The van der Waals surface area contributed by atoms with E-state index in [9.17, 15) is 0 Å². The van der Waals surface area contributed by atoms with Crippen LogP contribution < -0.4 is 10.2 Å². The van der Waals surface area contributed by atoms with Gasteiger partial charge in [0.2, 0.25) is 0 Å². The molecule has 0 aromatic heterocycles. The van der Waals surface area contributed by atoms with Crippen molar-refractivity contribution in [3.63, 3.8) is 0 Å². The van der Waals surface area contributed by atoms with Crippen LogP contribution in [0.2, 0.25) is 5.02 Å². The van der Waals surface area contributed by atoms with Crippen LogP contribution in [0.3, 0.4) is 0 Å². The molecule has 20 heavy (non-hydrogen) atoms. The first-order valence-electron chi connectivity index (χ1n) is 7.56. The maximum atomic E-state index is 6.18. The number of benzene rings is 1. The second-order valence-electron chi connectivity index (χ2n) is 6.28. The summed E-state index contributed by atoms with van der Waals surface area (Å²) in [4.78, 5) is 4.84. The summed E-state index contributed by atoms with van der Waals surface area (Å²) in [6.07, 6.45) is 3.88. The fourth-order valence-corrected chi connectivity index (χ4v) is 3.12. The van der Waals surface area contributed by atoms with Gasteiger partial charge in [-0.3, -0.25) is 0 Å². The standard InChI is InChI=1S/C16H24ClN3/c1-19(2)15-7-8-20(11-15)16-6-3-13(17)9-12(16)10-18-14-4-5-14/h3,6,9,14-15,18H,4-5,7-8,10-11H2,1-2H3. The van der Waals surface area contributed by atoms with Crippen molar-refractivity contribution in [2.75, 3.05) is 32.1 Å². The van der Waals surface area contributed by atoms with Crippen molar-refractivity contribution in [3.8, 4) is 0 Å². The highest BCUT2D eigenvalue weighted by Gasteiger charge is 2.26. The Balaban J connectivity index is 1.74. The second-order valence-corrected chi connectivity index (χ2v) is 6.72. The molecule has 1 saturated carbocycles. The molecular weight excluding hydrogens is 270 g/mol. The highest BCUT2D eigenvalue weighted by atomic mass is 35.5. The van der Waals surface area contributed by atoms with Crippen molar-refractivity contribution < 1.29 is 0 Å². The molecule has 0 spiro atoms. The zero-order chi connectivity index (χ0) is 14.1. The maximum absolute atomic E-state index is 6.18. The zero-order valence-electron chi connectivity index (χ0n) is 12.4. The van der Waals surface area contributed by atoms with Gasteiger partial charge in [0.15, 0.2) is 0 Å². The largest absolute Gasteiger partial charge is 0.370 e. The average molecular weight is 294 g/mol. The Labute approximate surface area is 126 Å². The fraction of sp³-hybridized carbons (Fsp3) is 0.625. The highest BCUT2D eigenvalue weighted by molar-refractivity contribution is 6.30. The summed E-state index contributed by atoms with van der Waals surface area (Å²) in [5, 5.41) is 4.44. The lowest BCUT2D eigenvalue weighted by atomic mass is 10.1. The predicted molar refractivity (Wildman–Crippen MR) is 85.6 cm³/mol. The number of halogens is 1. The van der Waals surface area contributed by atoms with Crippen LogP contribution in [0, 0.1) is 0 Å². The van der Waals surface area contributed by atoms with E-state index in [1.165, 1.54) is 30.5 Å². The number of hydrogen-bond acceptors (Lipinski definition) is 3. The van der Waals surface area contributed by atoms with Crippen LogP contribution in [-0.4, -0.2) is 44.2 Å². The van der Waals surface area contributed by atoms with Crippen molar-refractivity contribution >= 4 is 17.3 Å². The molecule has 1 atom stereocenters. The highest BCUT2D eigenvalue weighted by Crippen LogP contribution is 2.29. The van der Waals surface area contributed by atoms with Crippen molar-refractivity contribution in [1.82, 2.24) is 10.2 Å². The Morgan fingerprint density at radius 2 is 2.10 bits per heavy atom. The van der Waals surface area contributed by atoms with Crippen molar-refractivity contribution in [3.05, 3.63) is 28.8 Å². The number of anilines is 1. The minimum atomic E-state index is 0.662. The van der Waals surface area contributed by atoms with Gasteiger partial charge in [-0.05, 0) is 57.1 Å². The summed E-state index contributed by atoms with van der Waals surface area (Å²) in [5.74, 6) is 0. The molecule has 110 valence electrons. The lowest BCUT2D eigenvalue weighted by Gasteiger charge is -2.24. The fourth-order valence-electron chi connectivity index (χ4n) is 2.93. The van der Waals surface area contributed by atoms with Crippen LogP contribution in [0.4, 0.5) is 5.69 Å². The van der Waals surface area contributed by atoms with Gasteiger partial charge in [-0.2, -0.15) is 0 Å². The van der Waals surface area contributed by atoms with E-state index in [1.807, 2.05) is 6.07 Å². The molecule has 0 radical (unpaired) electrons. The molecule has 0 amide bonds. The van der Waals surface area contributed by atoms with E-state index >= 15 is 0 Å². The van der Waals surface area contributed by atoms with E-state index in [0.29, 0.717) is 6.04 Å². The summed E-state index contributed by atoms with van der Waals surface area (Å²) in [6.45, 7) is 3.19. The maximum Gasteiger partial charge on any atom is 0.0413 e. The Bertz CT molecular complexity index is 471. The number of rotatable bonds is 5. The Hall–Kier alpha value is -0.770. The summed E-state index contributed by atoms with van der Waals surface area (Å²) in [6, 6.07) is 7.71. The summed E-state index contributed by atoms with van der Waals surface area (Å²) in [7, 11) is 4.34. The number of hydrogen-bond donors (Lipinski definition) is 1. The van der Waals surface area contributed by atoms with Gasteiger partial charge in [-0.25, -0.2) is 0 Å². The normalized spacial score (nSPS) is 22.8. The lowest BCUT2D eigenvalue weighted by Crippen LogP contribution is -2.32. The van der Waals surface area contributed by atoms with Crippen molar-refractivity contribution in [2.45, 2.75) is 37.9 Å². The zero-order valence-corrected chi connectivity index (χ0v) is 13.2. The molecule has 1 unspecified atom stereocenters. The number of nitrogens with zero attached hydrogens (tertiary/aromatic N) is 2. The van der Waals surface area contributed by atoms with Crippen LogP contribution in [0.25, 0.3) is 0 Å². The molecule has 2 aliphatic rings. The first kappa shape index (κ1) is 14.2. The van der Waals surface area contributed by atoms with E-state index in [0.717, 1.165) is 30.7 Å². The lowest BCUT2D eigenvalue weighted by molar-refractivity contribution is 0.315. The SMILES string of the molecule is CN(C)C1CCN(c2ccc(Cl)cc2CNC2CC2)C1. The molecule has 3 nitrogen and oxygen atoms in total. The summed E-state index contributed by atoms with van der Waals surface area (Å²) >= 11 is 6.18. The van der Waals surface area contributed by atoms with Gasteiger partial charge in [0.25, 0.3) is 0 Å². The van der Waals surface area contributed by atoms with E-state index in [4.69, 9.17) is 11.6 Å². The Morgan fingerprint density at radius 1 is 1.30 bits per heavy atom. The molecule has 0 bridgehead atoms. The summed E-state index contributed by atoms with van der Waals surface area (Å²) < 4.78 is 0. The van der Waals surface area contributed by atoms with Crippen LogP contribution in [-0.2, 0) is 6.54 Å². The third-order valence-electron chi connectivity index (χ3n) is 4.43. The number of likely N-dealkylation sites (N-methyl/N-ethyl adjacent to an activating group) is 1. The quantitative estimate of drug-likeness (QED) is 0.900. The molecule has 1 aromatic rings. The van der Waals surface area contributed by atoms with E-state index in [-0.39, 0.29) is 0 Å². The van der Waals surface area contributed by atoms with Gasteiger partial charge in [-0.15, -0.1) is 0 Å². The summed E-state index contributed by atoms with van der Waals surface area (Å²) in [5.41, 5.74) is 2.69. The third kappa shape index (κ3) is 3.27. The predicted octanol–water partition coefficient (Wildman–Crippen LogP) is 2.73. The van der Waals surface area contributed by atoms with Gasteiger partial charge < -0.3 is 15.1 Å². The Kier molecular flexibility index (Phi) is 4.20. The van der Waals surface area contributed by atoms with Gasteiger partial charge in [0, 0.05) is 42.4 Å².